The van der Waals surface area contributed by atoms with Gasteiger partial charge in [0.1, 0.15) is 0 Å². The number of fused-ring (bicyclic) bond motifs is 3. The molecule has 1 amide bonds. The smallest absolute Gasteiger partial charge is 0.219 e. The zero-order valence-corrected chi connectivity index (χ0v) is 15.8. The molecule has 5 heteroatoms. The quantitative estimate of drug-likeness (QED) is 0.773. The number of hydrogen-bond donors (Lipinski definition) is 1. The predicted octanol–water partition coefficient (Wildman–Crippen LogP) is 2.71. The molecule has 0 spiro atoms. The summed E-state index contributed by atoms with van der Waals surface area (Å²) in [6.07, 6.45) is 0.509. The summed E-state index contributed by atoms with van der Waals surface area (Å²) in [6, 6.07) is 16.8. The lowest BCUT2D eigenvalue weighted by Gasteiger charge is -2.24. The van der Waals surface area contributed by atoms with E-state index >= 15 is 0 Å². The van der Waals surface area contributed by atoms with E-state index in [-0.39, 0.29) is 5.91 Å². The molecule has 0 saturated carbocycles. The molecule has 2 aromatic carbocycles. The average Bonchev–Trinajstić information content (AvgIpc) is 2.81. The van der Waals surface area contributed by atoms with Crippen molar-refractivity contribution in [1.82, 2.24) is 14.4 Å². The van der Waals surface area contributed by atoms with Crippen LogP contribution >= 0.6 is 0 Å². The molecule has 1 fully saturated rings. The minimum Gasteiger partial charge on any atom is -0.390 e. The molecule has 1 atom stereocenters. The van der Waals surface area contributed by atoms with Crippen LogP contribution < -0.4 is 0 Å². The monoisotopic (exact) mass is 365 g/mol. The van der Waals surface area contributed by atoms with Gasteiger partial charge in [0.05, 0.1) is 12.6 Å². The molecule has 0 radical (unpaired) electrons. The van der Waals surface area contributed by atoms with E-state index < -0.39 is 6.10 Å². The highest BCUT2D eigenvalue weighted by Crippen LogP contribution is 2.28. The number of carbonyl (C=O) groups excluding carboxylic acids is 1. The Labute approximate surface area is 159 Å². The van der Waals surface area contributed by atoms with Gasteiger partial charge in [-0.05, 0) is 25.1 Å². The zero-order chi connectivity index (χ0) is 18.8. The highest BCUT2D eigenvalue weighted by molar-refractivity contribution is 6.07. The lowest BCUT2D eigenvalue weighted by molar-refractivity contribution is -0.128. The van der Waals surface area contributed by atoms with Gasteiger partial charge in [0.25, 0.3) is 0 Å². The molecule has 3 aromatic rings. The van der Waals surface area contributed by atoms with Crippen LogP contribution in [0.2, 0.25) is 0 Å². The second-order valence-corrected chi connectivity index (χ2v) is 7.46. The van der Waals surface area contributed by atoms with Gasteiger partial charge in [0.15, 0.2) is 0 Å². The van der Waals surface area contributed by atoms with Crippen LogP contribution in [0.4, 0.5) is 0 Å². The topological polar surface area (TPSA) is 48.7 Å². The molecule has 1 aromatic heterocycles. The van der Waals surface area contributed by atoms with Gasteiger partial charge >= 0.3 is 0 Å². The lowest BCUT2D eigenvalue weighted by atomic mass is 10.2. The van der Waals surface area contributed by atoms with E-state index in [0.29, 0.717) is 13.1 Å². The normalized spacial score (nSPS) is 17.3. The number of aliphatic hydroxyl groups is 1. The van der Waals surface area contributed by atoms with Crippen molar-refractivity contribution in [3.05, 3.63) is 48.5 Å². The maximum absolute atomic E-state index is 11.6. The number of rotatable bonds is 4. The molecule has 1 N–H and O–H groups in total. The molecular formula is C22H27N3O2. The largest absolute Gasteiger partial charge is 0.390 e. The van der Waals surface area contributed by atoms with Gasteiger partial charge in [-0.1, -0.05) is 36.4 Å². The average molecular weight is 365 g/mol. The van der Waals surface area contributed by atoms with Gasteiger partial charge in [-0.15, -0.1) is 0 Å². The van der Waals surface area contributed by atoms with Crippen molar-refractivity contribution in [1.29, 1.82) is 0 Å². The van der Waals surface area contributed by atoms with E-state index in [1.165, 1.54) is 10.8 Å². The fourth-order valence-electron chi connectivity index (χ4n) is 4.23. The number of aromatic nitrogens is 1. The highest BCUT2D eigenvalue weighted by atomic mass is 16.3. The van der Waals surface area contributed by atoms with E-state index in [1.807, 2.05) is 4.90 Å². The van der Waals surface area contributed by atoms with Crippen molar-refractivity contribution in [3.63, 3.8) is 0 Å². The number of aliphatic hydroxyl groups excluding tert-OH is 1. The molecule has 27 heavy (non-hydrogen) atoms. The van der Waals surface area contributed by atoms with Crippen LogP contribution in [0.1, 0.15) is 13.3 Å². The van der Waals surface area contributed by atoms with E-state index in [9.17, 15) is 9.90 Å². The maximum atomic E-state index is 11.6. The van der Waals surface area contributed by atoms with Gasteiger partial charge < -0.3 is 14.6 Å². The Balaban J connectivity index is 1.51. The summed E-state index contributed by atoms with van der Waals surface area (Å²) >= 11 is 0. The van der Waals surface area contributed by atoms with Crippen LogP contribution in [0.25, 0.3) is 21.8 Å². The second-order valence-electron chi connectivity index (χ2n) is 7.46. The summed E-state index contributed by atoms with van der Waals surface area (Å²) in [5.41, 5.74) is 2.33. The van der Waals surface area contributed by atoms with Crippen molar-refractivity contribution < 1.29 is 9.90 Å². The Morgan fingerprint density at radius 2 is 1.56 bits per heavy atom. The number of amides is 1. The Hall–Kier alpha value is -2.37. The molecular weight excluding hydrogens is 338 g/mol. The van der Waals surface area contributed by atoms with Gasteiger partial charge in [-0.2, -0.15) is 0 Å². The van der Waals surface area contributed by atoms with Crippen LogP contribution in [0.3, 0.4) is 0 Å². The molecule has 1 aliphatic rings. The van der Waals surface area contributed by atoms with Crippen LogP contribution in [0.15, 0.2) is 48.5 Å². The van der Waals surface area contributed by atoms with Crippen molar-refractivity contribution in [2.45, 2.75) is 26.0 Å². The summed E-state index contributed by atoms with van der Waals surface area (Å²) < 4.78 is 2.23. The third kappa shape index (κ3) is 3.70. The number of nitrogens with zero attached hydrogens (tertiary/aromatic N) is 3. The molecule has 1 saturated heterocycles. The molecule has 0 aliphatic carbocycles. The molecule has 0 bridgehead atoms. The Kier molecular flexibility index (Phi) is 5.14. The van der Waals surface area contributed by atoms with E-state index in [0.717, 1.165) is 43.6 Å². The van der Waals surface area contributed by atoms with Crippen LogP contribution in [0, 0.1) is 0 Å². The Bertz CT molecular complexity index is 896. The molecule has 2 heterocycles. The first-order valence-corrected chi connectivity index (χ1v) is 9.75. The van der Waals surface area contributed by atoms with Gasteiger partial charge in [-0.3, -0.25) is 9.69 Å². The standard InChI is InChI=1S/C22H27N3O2/c1-17(26)24-12-6-11-23(13-14-24)15-18(27)16-25-21-9-4-2-7-19(21)20-8-3-5-10-22(20)25/h2-5,7-10,18,27H,6,11-16H2,1H3. The fraction of sp³-hybridized carbons (Fsp3) is 0.409. The predicted molar refractivity (Wildman–Crippen MR) is 109 cm³/mol. The molecule has 1 unspecified atom stereocenters. The molecule has 4 rings (SSSR count). The fourth-order valence-corrected chi connectivity index (χ4v) is 4.23. The van der Waals surface area contributed by atoms with Crippen molar-refractivity contribution >= 4 is 27.7 Å². The first kappa shape index (κ1) is 18.0. The zero-order valence-electron chi connectivity index (χ0n) is 15.8. The first-order valence-electron chi connectivity index (χ1n) is 9.75. The SMILES string of the molecule is CC(=O)N1CCCN(CC(O)Cn2c3ccccc3c3ccccc32)CC1. The number of carbonyl (C=O) groups is 1. The van der Waals surface area contributed by atoms with Crippen LogP contribution in [0.5, 0.6) is 0 Å². The minimum atomic E-state index is -0.451. The van der Waals surface area contributed by atoms with Gasteiger partial charge in [-0.25, -0.2) is 0 Å². The van der Waals surface area contributed by atoms with Crippen LogP contribution in [-0.2, 0) is 11.3 Å². The summed E-state index contributed by atoms with van der Waals surface area (Å²) in [5.74, 6) is 0.141. The van der Waals surface area contributed by atoms with E-state index in [2.05, 4.69) is 58.0 Å². The summed E-state index contributed by atoms with van der Waals surface area (Å²) in [7, 11) is 0. The molecule has 5 nitrogen and oxygen atoms in total. The van der Waals surface area contributed by atoms with Crippen molar-refractivity contribution in [2.75, 3.05) is 32.7 Å². The minimum absolute atomic E-state index is 0.141. The Morgan fingerprint density at radius 1 is 0.926 bits per heavy atom. The third-order valence-electron chi connectivity index (χ3n) is 5.58. The van der Waals surface area contributed by atoms with Crippen molar-refractivity contribution in [3.8, 4) is 0 Å². The third-order valence-corrected chi connectivity index (χ3v) is 5.58. The maximum Gasteiger partial charge on any atom is 0.219 e. The van der Waals surface area contributed by atoms with Crippen LogP contribution in [-0.4, -0.2) is 64.2 Å². The van der Waals surface area contributed by atoms with Gasteiger partial charge in [0.2, 0.25) is 5.91 Å². The van der Waals surface area contributed by atoms with Gasteiger partial charge in [0, 0.05) is 54.9 Å². The highest BCUT2D eigenvalue weighted by Gasteiger charge is 2.20. The number of benzene rings is 2. The molecule has 142 valence electrons. The molecule has 1 aliphatic heterocycles. The summed E-state index contributed by atoms with van der Waals surface area (Å²) in [4.78, 5) is 15.8. The number of hydrogen-bond acceptors (Lipinski definition) is 3. The Morgan fingerprint density at radius 3 is 2.19 bits per heavy atom. The second kappa shape index (κ2) is 7.71. The lowest BCUT2D eigenvalue weighted by Crippen LogP contribution is -2.38. The first-order chi connectivity index (χ1) is 13.1. The van der Waals surface area contributed by atoms with E-state index in [4.69, 9.17) is 0 Å². The van der Waals surface area contributed by atoms with Crippen molar-refractivity contribution in [2.24, 2.45) is 0 Å². The summed E-state index contributed by atoms with van der Waals surface area (Å²) in [5, 5.41) is 13.3. The van der Waals surface area contributed by atoms with E-state index in [1.54, 1.807) is 6.92 Å². The number of β-amino-alcohol motifs (C(OH)–C–C–N with tert-alkyl or cyclic N) is 1. The summed E-state index contributed by atoms with van der Waals surface area (Å²) in [6.45, 7) is 6.14. The number of para-hydroxylation sites is 2.